The molecule has 33 heavy (non-hydrogen) atoms. The van der Waals surface area contributed by atoms with Crippen LogP contribution in [0.4, 0.5) is 14.9 Å². The second-order valence-corrected chi connectivity index (χ2v) is 8.98. The molecule has 0 fully saturated rings. The predicted molar refractivity (Wildman–Crippen MR) is 123 cm³/mol. The van der Waals surface area contributed by atoms with Gasteiger partial charge in [-0.1, -0.05) is 29.8 Å². The Morgan fingerprint density at radius 2 is 1.79 bits per heavy atom. The zero-order chi connectivity index (χ0) is 23.8. The quantitative estimate of drug-likeness (QED) is 0.428. The number of nitrogens with zero attached hydrogens (tertiary/aromatic N) is 1. The van der Waals surface area contributed by atoms with Crippen LogP contribution >= 0.6 is 11.6 Å². The third kappa shape index (κ3) is 7.18. The van der Waals surface area contributed by atoms with E-state index in [1.807, 2.05) is 0 Å². The molecule has 0 unspecified atom stereocenters. The van der Waals surface area contributed by atoms with Gasteiger partial charge in [0.15, 0.2) is 0 Å². The molecule has 7 nitrogen and oxygen atoms in total. The standard InChI is InChI=1S/C23H22ClFN2O5S/c1-31-13-12-27(23(28)26-20-6-3-5-18(24)15-20)16-17-4-2-7-21(14-17)32-33(29,30)22-10-8-19(25)9-11-22/h2-11,14-15H,12-13,16H2,1H3,(H,26,28). The number of benzene rings is 3. The van der Waals surface area contributed by atoms with Crippen LogP contribution in [0.3, 0.4) is 0 Å². The van der Waals surface area contributed by atoms with Gasteiger partial charge in [-0.25, -0.2) is 9.18 Å². The molecule has 3 aromatic carbocycles. The summed E-state index contributed by atoms with van der Waals surface area (Å²) in [7, 11) is -2.61. The number of ether oxygens (including phenoxy) is 1. The topological polar surface area (TPSA) is 84.9 Å². The summed E-state index contributed by atoms with van der Waals surface area (Å²) < 4.78 is 48.4. The number of hydrogen-bond acceptors (Lipinski definition) is 5. The van der Waals surface area contributed by atoms with Gasteiger partial charge >= 0.3 is 16.1 Å². The summed E-state index contributed by atoms with van der Waals surface area (Å²) in [5.74, 6) is -0.484. The lowest BCUT2D eigenvalue weighted by molar-refractivity contribution is 0.153. The van der Waals surface area contributed by atoms with Crippen LogP contribution in [0, 0.1) is 5.82 Å². The molecule has 0 aliphatic rings. The second kappa shape index (κ2) is 11.1. The Morgan fingerprint density at radius 1 is 1.06 bits per heavy atom. The van der Waals surface area contributed by atoms with Crippen molar-refractivity contribution in [3.8, 4) is 5.75 Å². The molecule has 0 radical (unpaired) electrons. The van der Waals surface area contributed by atoms with Gasteiger partial charge in [0.25, 0.3) is 0 Å². The SMILES string of the molecule is COCCN(Cc1cccc(OS(=O)(=O)c2ccc(F)cc2)c1)C(=O)Nc1cccc(Cl)c1. The Hall–Kier alpha value is -3.14. The third-order valence-electron chi connectivity index (χ3n) is 4.51. The highest BCUT2D eigenvalue weighted by atomic mass is 35.5. The van der Waals surface area contributed by atoms with Gasteiger partial charge in [0, 0.05) is 30.9 Å². The molecule has 0 bridgehead atoms. The Labute approximate surface area is 196 Å². The van der Waals surface area contributed by atoms with Crippen molar-refractivity contribution in [1.82, 2.24) is 4.90 Å². The van der Waals surface area contributed by atoms with E-state index in [2.05, 4.69) is 5.32 Å². The molecule has 0 saturated heterocycles. The van der Waals surface area contributed by atoms with E-state index in [0.29, 0.717) is 29.4 Å². The van der Waals surface area contributed by atoms with E-state index in [9.17, 15) is 17.6 Å². The monoisotopic (exact) mass is 492 g/mol. The third-order valence-corrected chi connectivity index (χ3v) is 6.01. The molecule has 1 N–H and O–H groups in total. The summed E-state index contributed by atoms with van der Waals surface area (Å²) in [6.07, 6.45) is 0. The van der Waals surface area contributed by atoms with Crippen molar-refractivity contribution in [2.24, 2.45) is 0 Å². The Morgan fingerprint density at radius 3 is 2.48 bits per heavy atom. The molecule has 0 aliphatic carbocycles. The number of carbonyl (C=O) groups is 1. The molecule has 3 rings (SSSR count). The van der Waals surface area contributed by atoms with E-state index < -0.39 is 15.9 Å². The first-order chi connectivity index (χ1) is 15.8. The molecular formula is C23H22ClFN2O5S. The summed E-state index contributed by atoms with van der Waals surface area (Å²) in [5, 5.41) is 3.27. The van der Waals surface area contributed by atoms with Crippen LogP contribution in [0.2, 0.25) is 5.02 Å². The lowest BCUT2D eigenvalue weighted by Gasteiger charge is -2.23. The maximum atomic E-state index is 13.1. The van der Waals surface area contributed by atoms with E-state index in [1.54, 1.807) is 36.4 Å². The van der Waals surface area contributed by atoms with Crippen molar-refractivity contribution in [2.45, 2.75) is 11.4 Å². The van der Waals surface area contributed by atoms with E-state index in [-0.39, 0.29) is 23.2 Å². The van der Waals surface area contributed by atoms with Crippen LogP contribution in [0.15, 0.2) is 77.7 Å². The zero-order valence-electron chi connectivity index (χ0n) is 17.7. The minimum Gasteiger partial charge on any atom is -0.383 e. The summed E-state index contributed by atoms with van der Waals surface area (Å²) in [5.41, 5.74) is 1.18. The fourth-order valence-corrected chi connectivity index (χ4v) is 4.03. The average molecular weight is 493 g/mol. The first-order valence-electron chi connectivity index (χ1n) is 9.86. The maximum Gasteiger partial charge on any atom is 0.339 e. The van der Waals surface area contributed by atoms with Gasteiger partial charge in [-0.3, -0.25) is 0 Å². The van der Waals surface area contributed by atoms with E-state index in [1.165, 1.54) is 24.1 Å². The fourth-order valence-electron chi connectivity index (χ4n) is 2.91. The van der Waals surface area contributed by atoms with Gasteiger partial charge in [0.1, 0.15) is 16.5 Å². The van der Waals surface area contributed by atoms with Gasteiger partial charge in [0.2, 0.25) is 0 Å². The normalized spacial score (nSPS) is 11.1. The zero-order valence-corrected chi connectivity index (χ0v) is 19.3. The Kier molecular flexibility index (Phi) is 8.26. The molecule has 0 heterocycles. The molecule has 3 aromatic rings. The molecule has 10 heteroatoms. The van der Waals surface area contributed by atoms with Crippen LogP contribution < -0.4 is 9.50 Å². The largest absolute Gasteiger partial charge is 0.383 e. The number of carbonyl (C=O) groups excluding carboxylic acids is 1. The number of nitrogens with one attached hydrogen (secondary N) is 1. The van der Waals surface area contributed by atoms with Crippen molar-refractivity contribution in [3.63, 3.8) is 0 Å². The molecule has 0 aliphatic heterocycles. The molecular weight excluding hydrogens is 471 g/mol. The summed E-state index contributed by atoms with van der Waals surface area (Å²) in [6, 6.07) is 17.1. The molecule has 0 aromatic heterocycles. The first-order valence-corrected chi connectivity index (χ1v) is 11.6. The number of rotatable bonds is 9. The van der Waals surface area contributed by atoms with E-state index in [4.69, 9.17) is 20.5 Å². The van der Waals surface area contributed by atoms with Crippen LogP contribution in [-0.2, 0) is 21.4 Å². The van der Waals surface area contributed by atoms with Crippen LogP contribution in [0.1, 0.15) is 5.56 Å². The lowest BCUT2D eigenvalue weighted by Crippen LogP contribution is -2.36. The Bertz CT molecular complexity index is 1210. The number of urea groups is 1. The highest BCUT2D eigenvalue weighted by Gasteiger charge is 2.18. The number of methoxy groups -OCH3 is 1. The molecule has 174 valence electrons. The van der Waals surface area contributed by atoms with Gasteiger partial charge in [-0.2, -0.15) is 8.42 Å². The van der Waals surface area contributed by atoms with Gasteiger partial charge < -0.3 is 19.1 Å². The minimum absolute atomic E-state index is 0.0683. The predicted octanol–water partition coefficient (Wildman–Crippen LogP) is 4.93. The highest BCUT2D eigenvalue weighted by molar-refractivity contribution is 7.87. The van der Waals surface area contributed by atoms with Gasteiger partial charge in [-0.05, 0) is 60.2 Å². The fraction of sp³-hybridized carbons (Fsp3) is 0.174. The molecule has 2 amide bonds. The Balaban J connectivity index is 1.74. The summed E-state index contributed by atoms with van der Waals surface area (Å²) in [4.78, 5) is 14.2. The van der Waals surface area contributed by atoms with Crippen molar-refractivity contribution in [1.29, 1.82) is 0 Å². The minimum atomic E-state index is -4.14. The van der Waals surface area contributed by atoms with Gasteiger partial charge in [-0.15, -0.1) is 0 Å². The van der Waals surface area contributed by atoms with Crippen LogP contribution in [0.5, 0.6) is 5.75 Å². The molecule has 0 spiro atoms. The highest BCUT2D eigenvalue weighted by Crippen LogP contribution is 2.22. The summed E-state index contributed by atoms with van der Waals surface area (Å²) in [6.45, 7) is 0.767. The number of anilines is 1. The number of hydrogen-bond donors (Lipinski definition) is 1. The summed E-state index contributed by atoms with van der Waals surface area (Å²) >= 11 is 5.98. The van der Waals surface area contributed by atoms with Gasteiger partial charge in [0.05, 0.1) is 6.61 Å². The van der Waals surface area contributed by atoms with Crippen molar-refractivity contribution < 1.29 is 26.5 Å². The van der Waals surface area contributed by atoms with Crippen LogP contribution in [-0.4, -0.2) is 39.6 Å². The molecule has 0 atom stereocenters. The van der Waals surface area contributed by atoms with Crippen LogP contribution in [0.25, 0.3) is 0 Å². The smallest absolute Gasteiger partial charge is 0.339 e. The maximum absolute atomic E-state index is 13.1. The lowest BCUT2D eigenvalue weighted by atomic mass is 10.2. The van der Waals surface area contributed by atoms with Crippen molar-refractivity contribution in [2.75, 3.05) is 25.6 Å². The molecule has 0 saturated carbocycles. The van der Waals surface area contributed by atoms with Crippen molar-refractivity contribution >= 4 is 33.4 Å². The van der Waals surface area contributed by atoms with E-state index >= 15 is 0 Å². The first kappa shape index (κ1) is 24.5. The van der Waals surface area contributed by atoms with Crippen molar-refractivity contribution in [3.05, 3.63) is 89.2 Å². The number of halogens is 2. The second-order valence-electron chi connectivity index (χ2n) is 6.99. The number of amides is 2. The average Bonchev–Trinajstić information content (AvgIpc) is 2.77. The van der Waals surface area contributed by atoms with E-state index in [0.717, 1.165) is 24.3 Å².